The van der Waals surface area contributed by atoms with Crippen LogP contribution in [0.5, 0.6) is 0 Å². The molecule has 0 fully saturated rings. The van der Waals surface area contributed by atoms with Crippen molar-refractivity contribution in [3.63, 3.8) is 0 Å². The van der Waals surface area contributed by atoms with Gasteiger partial charge in [-0.3, -0.25) is 5.10 Å². The lowest BCUT2D eigenvalue weighted by atomic mass is 10.3. The van der Waals surface area contributed by atoms with Gasteiger partial charge in [0.05, 0.1) is 6.20 Å². The lowest BCUT2D eigenvalue weighted by Crippen LogP contribution is -2.33. The largest absolute Gasteiger partial charge is 0.408 e. The third-order valence-corrected chi connectivity index (χ3v) is 1.47. The fourth-order valence-corrected chi connectivity index (χ4v) is 0.795. The molecule has 66 valence electrons. The van der Waals surface area contributed by atoms with Gasteiger partial charge in [0, 0.05) is 25.4 Å². The van der Waals surface area contributed by atoms with Gasteiger partial charge in [-0.05, 0) is 0 Å². The van der Waals surface area contributed by atoms with Crippen molar-refractivity contribution >= 4 is 5.96 Å². The number of rotatable bonds is 2. The van der Waals surface area contributed by atoms with Crippen molar-refractivity contribution < 1.29 is 5.21 Å². The van der Waals surface area contributed by atoms with E-state index in [1.54, 1.807) is 24.3 Å². The monoisotopic (exact) mass is 169 g/mol. The number of H-pyrrole nitrogens is 1. The van der Waals surface area contributed by atoms with Crippen molar-refractivity contribution in [2.45, 2.75) is 6.54 Å². The second-order valence-electron chi connectivity index (χ2n) is 2.42. The first kappa shape index (κ1) is 8.38. The topological polar surface area (TPSA) is 90.5 Å². The number of aromatic nitrogens is 2. The maximum atomic E-state index is 8.33. The zero-order valence-electron chi connectivity index (χ0n) is 6.73. The predicted molar refractivity (Wildman–Crippen MR) is 43.5 cm³/mol. The molecule has 0 saturated heterocycles. The summed E-state index contributed by atoms with van der Waals surface area (Å²) in [6.45, 7) is 0.562. The summed E-state index contributed by atoms with van der Waals surface area (Å²) in [5, 5.41) is 17.6. The van der Waals surface area contributed by atoms with Gasteiger partial charge in [-0.2, -0.15) is 5.10 Å². The molecule has 0 unspecified atom stereocenters. The third-order valence-electron chi connectivity index (χ3n) is 1.47. The molecule has 0 aliphatic rings. The van der Waals surface area contributed by atoms with E-state index < -0.39 is 0 Å². The van der Waals surface area contributed by atoms with Crippen molar-refractivity contribution in [3.05, 3.63) is 18.0 Å². The van der Waals surface area contributed by atoms with Crippen LogP contribution in [0.1, 0.15) is 5.56 Å². The van der Waals surface area contributed by atoms with Crippen LogP contribution in [0.4, 0.5) is 0 Å². The van der Waals surface area contributed by atoms with Crippen LogP contribution < -0.4 is 5.73 Å². The molecule has 12 heavy (non-hydrogen) atoms. The zero-order chi connectivity index (χ0) is 8.97. The first-order valence-electron chi connectivity index (χ1n) is 3.40. The molecule has 1 heterocycles. The van der Waals surface area contributed by atoms with E-state index in [1.165, 1.54) is 0 Å². The fraction of sp³-hybridized carbons (Fsp3) is 0.333. The Kier molecular flexibility index (Phi) is 2.52. The quantitative estimate of drug-likeness (QED) is 0.242. The van der Waals surface area contributed by atoms with Gasteiger partial charge in [0.15, 0.2) is 0 Å². The average molecular weight is 169 g/mol. The van der Waals surface area contributed by atoms with Crippen LogP contribution in [-0.2, 0) is 6.54 Å². The predicted octanol–water partition coefficient (Wildman–Crippen LogP) is -0.455. The normalized spacial score (nSPS) is 11.6. The molecule has 0 saturated carbocycles. The van der Waals surface area contributed by atoms with Crippen molar-refractivity contribution in [1.29, 1.82) is 0 Å². The molecular weight excluding hydrogens is 158 g/mol. The van der Waals surface area contributed by atoms with E-state index in [0.29, 0.717) is 6.54 Å². The number of nitrogens with two attached hydrogens (primary N) is 1. The maximum Gasteiger partial charge on any atom is 0.233 e. The van der Waals surface area contributed by atoms with Gasteiger partial charge in [0.25, 0.3) is 0 Å². The number of guanidine groups is 1. The Balaban J connectivity index is 2.53. The molecule has 4 N–H and O–H groups in total. The van der Waals surface area contributed by atoms with Gasteiger partial charge in [0.2, 0.25) is 5.96 Å². The maximum absolute atomic E-state index is 8.33. The standard InChI is InChI=1S/C6H11N5O/c1-11(6(7)10-12)4-5-2-8-9-3-5/h2-3,12H,4H2,1H3,(H2,7,10)(H,8,9). The highest BCUT2D eigenvalue weighted by Gasteiger charge is 2.03. The van der Waals surface area contributed by atoms with Gasteiger partial charge in [-0.15, -0.1) is 0 Å². The second kappa shape index (κ2) is 3.61. The lowest BCUT2D eigenvalue weighted by molar-refractivity contribution is 0.304. The summed E-state index contributed by atoms with van der Waals surface area (Å²) in [5.41, 5.74) is 6.30. The molecule has 0 aromatic carbocycles. The Labute approximate surface area is 69.7 Å². The molecule has 0 amide bonds. The van der Waals surface area contributed by atoms with Crippen LogP contribution in [0.15, 0.2) is 17.5 Å². The minimum atomic E-state index is 0.0798. The van der Waals surface area contributed by atoms with Crippen molar-refractivity contribution in [3.8, 4) is 0 Å². The lowest BCUT2D eigenvalue weighted by Gasteiger charge is -2.14. The van der Waals surface area contributed by atoms with E-state index in [-0.39, 0.29) is 5.96 Å². The molecule has 0 spiro atoms. The first-order valence-corrected chi connectivity index (χ1v) is 3.40. The summed E-state index contributed by atoms with van der Waals surface area (Å²) in [4.78, 5) is 1.60. The minimum Gasteiger partial charge on any atom is -0.408 e. The Morgan fingerprint density at radius 1 is 1.92 bits per heavy atom. The van der Waals surface area contributed by atoms with Crippen LogP contribution in [0.3, 0.4) is 0 Å². The second-order valence-corrected chi connectivity index (χ2v) is 2.42. The molecule has 6 nitrogen and oxygen atoms in total. The van der Waals surface area contributed by atoms with Gasteiger partial charge >= 0.3 is 0 Å². The number of hydrogen-bond acceptors (Lipinski definition) is 3. The minimum absolute atomic E-state index is 0.0798. The molecule has 0 atom stereocenters. The van der Waals surface area contributed by atoms with Crippen LogP contribution in [0.25, 0.3) is 0 Å². The van der Waals surface area contributed by atoms with Crippen molar-refractivity contribution in [2.75, 3.05) is 7.05 Å². The summed E-state index contributed by atoms with van der Waals surface area (Å²) in [5.74, 6) is 0.0798. The number of nitrogens with zero attached hydrogens (tertiary/aromatic N) is 3. The molecule has 0 aliphatic heterocycles. The SMILES string of the molecule is CN(Cc1cn[nH]c1)C(N)=NO. The summed E-state index contributed by atoms with van der Waals surface area (Å²) < 4.78 is 0. The molecule has 6 heteroatoms. The fourth-order valence-electron chi connectivity index (χ4n) is 0.795. The molecule has 0 bridgehead atoms. The molecule has 1 aromatic heterocycles. The summed E-state index contributed by atoms with van der Waals surface area (Å²) >= 11 is 0. The van der Waals surface area contributed by atoms with Gasteiger partial charge in [-0.1, -0.05) is 5.16 Å². The number of aromatic amines is 1. The summed E-state index contributed by atoms with van der Waals surface area (Å²) in [6, 6.07) is 0. The number of oxime groups is 1. The zero-order valence-corrected chi connectivity index (χ0v) is 6.73. The molecular formula is C6H11N5O. The van der Waals surface area contributed by atoms with E-state index in [4.69, 9.17) is 10.9 Å². The smallest absolute Gasteiger partial charge is 0.233 e. The Hall–Kier alpha value is -1.72. The summed E-state index contributed by atoms with van der Waals surface area (Å²) in [6.07, 6.45) is 3.43. The number of nitrogens with one attached hydrogen (secondary N) is 1. The van der Waals surface area contributed by atoms with E-state index >= 15 is 0 Å². The highest BCUT2D eigenvalue weighted by molar-refractivity contribution is 5.76. The average Bonchev–Trinajstić information content (AvgIpc) is 2.55. The highest BCUT2D eigenvalue weighted by Crippen LogP contribution is 1.98. The van der Waals surface area contributed by atoms with Crippen molar-refractivity contribution in [1.82, 2.24) is 15.1 Å². The summed E-state index contributed by atoms with van der Waals surface area (Å²) in [7, 11) is 1.72. The van der Waals surface area contributed by atoms with Gasteiger partial charge < -0.3 is 15.8 Å². The Bertz CT molecular complexity index is 255. The molecule has 1 aromatic rings. The molecule has 0 aliphatic carbocycles. The molecule has 0 radical (unpaired) electrons. The van der Waals surface area contributed by atoms with Crippen LogP contribution in [-0.4, -0.2) is 33.3 Å². The van der Waals surface area contributed by atoms with Crippen LogP contribution in [0.2, 0.25) is 0 Å². The third kappa shape index (κ3) is 1.88. The van der Waals surface area contributed by atoms with Gasteiger partial charge in [0.1, 0.15) is 0 Å². The van der Waals surface area contributed by atoms with Gasteiger partial charge in [-0.25, -0.2) is 0 Å². The van der Waals surface area contributed by atoms with E-state index in [9.17, 15) is 0 Å². The number of hydrogen-bond donors (Lipinski definition) is 3. The van der Waals surface area contributed by atoms with Crippen molar-refractivity contribution in [2.24, 2.45) is 10.9 Å². The van der Waals surface area contributed by atoms with Crippen LogP contribution >= 0.6 is 0 Å². The van der Waals surface area contributed by atoms with Crippen LogP contribution in [0, 0.1) is 0 Å². The first-order chi connectivity index (χ1) is 5.74. The highest BCUT2D eigenvalue weighted by atomic mass is 16.4. The van der Waals surface area contributed by atoms with E-state index in [1.807, 2.05) is 0 Å². The molecule has 1 rings (SSSR count). The Morgan fingerprint density at radius 3 is 3.17 bits per heavy atom. The van der Waals surface area contributed by atoms with E-state index in [0.717, 1.165) is 5.56 Å². The Morgan fingerprint density at radius 2 is 2.67 bits per heavy atom. The van der Waals surface area contributed by atoms with E-state index in [2.05, 4.69) is 15.4 Å².